The third-order valence-corrected chi connectivity index (χ3v) is 4.47. The molecule has 2 aromatic rings. The molecular formula is C18H20FNO. The second-order valence-electron chi connectivity index (χ2n) is 5.67. The third-order valence-electron chi connectivity index (χ3n) is 4.47. The first-order chi connectivity index (χ1) is 10.2. The van der Waals surface area contributed by atoms with Crippen LogP contribution in [0.1, 0.15) is 43.0 Å². The molecular weight excluding hydrogens is 265 g/mol. The summed E-state index contributed by atoms with van der Waals surface area (Å²) in [6.45, 7) is 2.72. The van der Waals surface area contributed by atoms with Gasteiger partial charge in [0.1, 0.15) is 5.82 Å². The summed E-state index contributed by atoms with van der Waals surface area (Å²) < 4.78 is 13.9. The Kier molecular flexibility index (Phi) is 3.91. The van der Waals surface area contributed by atoms with Crippen LogP contribution in [0, 0.1) is 5.82 Å². The van der Waals surface area contributed by atoms with Crippen LogP contribution >= 0.6 is 0 Å². The van der Waals surface area contributed by atoms with Gasteiger partial charge in [-0.3, -0.25) is 4.79 Å². The molecule has 110 valence electrons. The number of halogens is 1. The zero-order valence-corrected chi connectivity index (χ0v) is 12.3. The zero-order valence-electron chi connectivity index (χ0n) is 12.3. The smallest absolute Gasteiger partial charge is 0.254 e. The summed E-state index contributed by atoms with van der Waals surface area (Å²) in [5.41, 5.74) is 0.612. The van der Waals surface area contributed by atoms with E-state index in [0.29, 0.717) is 28.9 Å². The molecule has 2 nitrogen and oxygen atoms in total. The minimum atomic E-state index is -0.272. The van der Waals surface area contributed by atoms with E-state index in [9.17, 15) is 9.18 Å². The van der Waals surface area contributed by atoms with Gasteiger partial charge in [-0.05, 0) is 37.3 Å². The van der Waals surface area contributed by atoms with Crippen molar-refractivity contribution in [3.63, 3.8) is 0 Å². The summed E-state index contributed by atoms with van der Waals surface area (Å²) in [5.74, 6) is -0.244. The molecule has 0 unspecified atom stereocenters. The Bertz CT molecular complexity index is 661. The lowest BCUT2D eigenvalue weighted by Gasteiger charge is -2.28. The van der Waals surface area contributed by atoms with Gasteiger partial charge in [0, 0.05) is 23.5 Å². The topological polar surface area (TPSA) is 20.3 Å². The molecule has 2 aromatic carbocycles. The average Bonchev–Trinajstić information content (AvgIpc) is 3.03. The van der Waals surface area contributed by atoms with Crippen molar-refractivity contribution in [1.82, 2.24) is 4.90 Å². The van der Waals surface area contributed by atoms with Gasteiger partial charge in [0.05, 0.1) is 0 Å². The number of rotatable bonds is 3. The molecule has 0 atom stereocenters. The molecule has 3 heteroatoms. The molecule has 21 heavy (non-hydrogen) atoms. The van der Waals surface area contributed by atoms with E-state index in [1.165, 1.54) is 18.9 Å². The summed E-state index contributed by atoms with van der Waals surface area (Å²) in [6.07, 6.45) is 4.55. The molecule has 0 aliphatic heterocycles. The molecule has 0 radical (unpaired) electrons. The number of fused-ring (bicyclic) bond motifs is 1. The van der Waals surface area contributed by atoms with Crippen molar-refractivity contribution in [2.75, 3.05) is 6.54 Å². The molecule has 1 aliphatic carbocycles. The van der Waals surface area contributed by atoms with Crippen molar-refractivity contribution in [1.29, 1.82) is 0 Å². The Morgan fingerprint density at radius 3 is 2.48 bits per heavy atom. The minimum absolute atomic E-state index is 0.0283. The highest BCUT2D eigenvalue weighted by atomic mass is 19.1. The van der Waals surface area contributed by atoms with Gasteiger partial charge in [-0.25, -0.2) is 4.39 Å². The Morgan fingerprint density at radius 2 is 1.81 bits per heavy atom. The first-order valence-electron chi connectivity index (χ1n) is 7.70. The lowest BCUT2D eigenvalue weighted by molar-refractivity contribution is 0.0695. The lowest BCUT2D eigenvalue weighted by atomic mass is 10.0. The summed E-state index contributed by atoms with van der Waals surface area (Å²) in [5, 5.41) is 1.23. The van der Waals surface area contributed by atoms with Crippen LogP contribution in [0.15, 0.2) is 36.4 Å². The van der Waals surface area contributed by atoms with Gasteiger partial charge in [0.15, 0.2) is 0 Å². The number of benzene rings is 2. The van der Waals surface area contributed by atoms with E-state index in [1.54, 1.807) is 18.2 Å². The Hall–Kier alpha value is -1.90. The molecule has 1 fully saturated rings. The number of amides is 1. The summed E-state index contributed by atoms with van der Waals surface area (Å²) >= 11 is 0. The van der Waals surface area contributed by atoms with E-state index in [-0.39, 0.29) is 11.7 Å². The van der Waals surface area contributed by atoms with Crippen molar-refractivity contribution in [2.24, 2.45) is 0 Å². The molecule has 0 aromatic heterocycles. The van der Waals surface area contributed by atoms with Crippen LogP contribution in [0.2, 0.25) is 0 Å². The Labute approximate surface area is 124 Å². The molecule has 0 saturated heterocycles. The number of carbonyl (C=O) groups is 1. The van der Waals surface area contributed by atoms with Crippen LogP contribution in [-0.2, 0) is 0 Å². The van der Waals surface area contributed by atoms with Crippen molar-refractivity contribution in [3.8, 4) is 0 Å². The number of hydrogen-bond donors (Lipinski definition) is 0. The lowest BCUT2D eigenvalue weighted by Crippen LogP contribution is -2.38. The monoisotopic (exact) mass is 285 g/mol. The van der Waals surface area contributed by atoms with Crippen LogP contribution in [0.25, 0.3) is 10.8 Å². The molecule has 1 aliphatic rings. The number of carbonyl (C=O) groups excluding carboxylic acids is 1. The maximum atomic E-state index is 13.9. The van der Waals surface area contributed by atoms with Gasteiger partial charge in [-0.2, -0.15) is 0 Å². The first kappa shape index (κ1) is 14.1. The minimum Gasteiger partial charge on any atom is -0.336 e. The van der Waals surface area contributed by atoms with E-state index in [0.717, 1.165) is 12.8 Å². The van der Waals surface area contributed by atoms with Crippen molar-refractivity contribution >= 4 is 16.7 Å². The summed E-state index contributed by atoms with van der Waals surface area (Å²) in [4.78, 5) is 14.8. The van der Waals surface area contributed by atoms with Gasteiger partial charge in [0.2, 0.25) is 0 Å². The second kappa shape index (κ2) is 5.84. The molecule has 1 saturated carbocycles. The predicted octanol–water partition coefficient (Wildman–Crippen LogP) is 4.38. The van der Waals surface area contributed by atoms with Crippen molar-refractivity contribution in [2.45, 2.75) is 38.6 Å². The maximum absolute atomic E-state index is 13.9. The maximum Gasteiger partial charge on any atom is 0.254 e. The zero-order chi connectivity index (χ0) is 14.8. The highest BCUT2D eigenvalue weighted by Gasteiger charge is 2.27. The predicted molar refractivity (Wildman–Crippen MR) is 82.9 cm³/mol. The Balaban J connectivity index is 2.02. The fraction of sp³-hybridized carbons (Fsp3) is 0.389. The van der Waals surface area contributed by atoms with Crippen LogP contribution in [0.5, 0.6) is 0 Å². The third kappa shape index (κ3) is 2.53. The summed E-state index contributed by atoms with van der Waals surface area (Å²) in [7, 11) is 0. The van der Waals surface area contributed by atoms with Gasteiger partial charge >= 0.3 is 0 Å². The average molecular weight is 285 g/mol. The normalized spacial score (nSPS) is 15.5. The highest BCUT2D eigenvalue weighted by Crippen LogP contribution is 2.27. The van der Waals surface area contributed by atoms with Gasteiger partial charge in [-0.1, -0.05) is 37.1 Å². The summed E-state index contributed by atoms with van der Waals surface area (Å²) in [6, 6.07) is 10.6. The second-order valence-corrected chi connectivity index (χ2v) is 5.67. The van der Waals surface area contributed by atoms with E-state index >= 15 is 0 Å². The van der Waals surface area contributed by atoms with Gasteiger partial charge < -0.3 is 4.90 Å². The molecule has 0 N–H and O–H groups in total. The van der Waals surface area contributed by atoms with E-state index in [4.69, 9.17) is 0 Å². The van der Waals surface area contributed by atoms with Crippen molar-refractivity contribution in [3.05, 3.63) is 47.8 Å². The molecule has 3 rings (SSSR count). The van der Waals surface area contributed by atoms with Gasteiger partial charge in [0.25, 0.3) is 5.91 Å². The number of nitrogens with zero attached hydrogens (tertiary/aromatic N) is 1. The molecule has 0 heterocycles. The first-order valence-corrected chi connectivity index (χ1v) is 7.70. The standard InChI is InChI=1S/C18H20FNO/c1-2-20(13-7-3-4-8-13)18(21)16-11-12-17(19)15-10-6-5-9-14(15)16/h5-6,9-13H,2-4,7-8H2,1H3. The molecule has 1 amide bonds. The van der Waals surface area contributed by atoms with E-state index in [2.05, 4.69) is 0 Å². The largest absolute Gasteiger partial charge is 0.336 e. The highest BCUT2D eigenvalue weighted by molar-refractivity contribution is 6.07. The van der Waals surface area contributed by atoms with E-state index in [1.807, 2.05) is 24.0 Å². The molecule has 0 bridgehead atoms. The Morgan fingerprint density at radius 1 is 1.14 bits per heavy atom. The van der Waals surface area contributed by atoms with Crippen LogP contribution in [0.3, 0.4) is 0 Å². The fourth-order valence-corrected chi connectivity index (χ4v) is 3.39. The van der Waals surface area contributed by atoms with Gasteiger partial charge in [-0.15, -0.1) is 0 Å². The fourth-order valence-electron chi connectivity index (χ4n) is 3.39. The molecule has 0 spiro atoms. The van der Waals surface area contributed by atoms with Crippen molar-refractivity contribution < 1.29 is 9.18 Å². The van der Waals surface area contributed by atoms with E-state index < -0.39 is 0 Å². The number of hydrogen-bond acceptors (Lipinski definition) is 1. The SMILES string of the molecule is CCN(C(=O)c1ccc(F)c2ccccc12)C1CCCC1. The van der Waals surface area contributed by atoms with Crippen LogP contribution in [0.4, 0.5) is 4.39 Å². The quantitative estimate of drug-likeness (QED) is 0.819. The van der Waals surface area contributed by atoms with Crippen LogP contribution < -0.4 is 0 Å². The van der Waals surface area contributed by atoms with Crippen LogP contribution in [-0.4, -0.2) is 23.4 Å².